The average Bonchev–Trinajstić information content (AvgIpc) is 2.64. The number of benzene rings is 1. The molecule has 0 saturated heterocycles. The van der Waals surface area contributed by atoms with E-state index >= 15 is 0 Å². The minimum Gasteiger partial charge on any atom is -0.367 e. The van der Waals surface area contributed by atoms with Crippen molar-refractivity contribution in [2.45, 2.75) is 6.54 Å². The lowest BCUT2D eigenvalue weighted by Crippen LogP contribution is -2.34. The first kappa shape index (κ1) is 15.0. The molecule has 1 N–H and O–H groups in total. The molecule has 0 radical (unpaired) electrons. The molecule has 120 valence electrons. The number of anilines is 2. The van der Waals surface area contributed by atoms with Gasteiger partial charge in [0.25, 0.3) is 0 Å². The number of fused-ring (bicyclic) bond motifs is 1. The summed E-state index contributed by atoms with van der Waals surface area (Å²) in [4.78, 5) is 11.1. The van der Waals surface area contributed by atoms with Crippen molar-refractivity contribution in [3.05, 3.63) is 71.6 Å². The predicted octanol–water partition coefficient (Wildman–Crippen LogP) is 4.23. The largest absolute Gasteiger partial charge is 0.367 e. The molecule has 2 aromatic heterocycles. The Bertz CT molecular complexity index is 851. The topological polar surface area (TPSA) is 41.1 Å². The van der Waals surface area contributed by atoms with Gasteiger partial charge in [-0.25, -0.2) is 9.97 Å². The highest BCUT2D eigenvalue weighted by atomic mass is 35.5. The molecule has 1 aliphatic heterocycles. The van der Waals surface area contributed by atoms with Gasteiger partial charge in [0.2, 0.25) is 0 Å². The van der Waals surface area contributed by atoms with Crippen molar-refractivity contribution in [2.75, 3.05) is 23.3 Å². The summed E-state index contributed by atoms with van der Waals surface area (Å²) < 4.78 is 0. The quantitative estimate of drug-likeness (QED) is 0.727. The normalized spacial score (nSPS) is 13.3. The third kappa shape index (κ3) is 2.93. The molecule has 1 aromatic carbocycles. The van der Waals surface area contributed by atoms with Gasteiger partial charge in [-0.1, -0.05) is 48.0 Å². The molecule has 1 aliphatic rings. The van der Waals surface area contributed by atoms with E-state index in [0.29, 0.717) is 5.15 Å². The first-order valence-electron chi connectivity index (χ1n) is 7.95. The zero-order valence-electron chi connectivity index (χ0n) is 13.1. The maximum Gasteiger partial charge on any atom is 0.149 e. The Kier molecular flexibility index (Phi) is 4.05. The van der Waals surface area contributed by atoms with Gasteiger partial charge >= 0.3 is 0 Å². The first-order chi connectivity index (χ1) is 11.8. The second-order valence-electron chi connectivity index (χ2n) is 5.76. The molecular weight excluding hydrogens is 320 g/mol. The van der Waals surface area contributed by atoms with E-state index in [2.05, 4.69) is 38.4 Å². The van der Waals surface area contributed by atoms with E-state index in [1.807, 2.05) is 36.5 Å². The third-order valence-electron chi connectivity index (χ3n) is 4.19. The second kappa shape index (κ2) is 6.49. The highest BCUT2D eigenvalue weighted by Crippen LogP contribution is 2.33. The molecule has 4 rings (SSSR count). The summed E-state index contributed by atoms with van der Waals surface area (Å²) in [7, 11) is 0. The summed E-state index contributed by atoms with van der Waals surface area (Å²) in [6, 6.07) is 16.4. The highest BCUT2D eigenvalue weighted by Gasteiger charge is 2.19. The first-order valence-corrected chi connectivity index (χ1v) is 8.33. The molecule has 0 unspecified atom stereocenters. The maximum absolute atomic E-state index is 6.23. The Hall–Kier alpha value is -2.59. The zero-order valence-corrected chi connectivity index (χ0v) is 13.9. The molecule has 0 fully saturated rings. The Morgan fingerprint density at radius 1 is 1.04 bits per heavy atom. The van der Waals surface area contributed by atoms with Crippen LogP contribution in [0, 0.1) is 0 Å². The van der Waals surface area contributed by atoms with E-state index in [1.165, 1.54) is 0 Å². The lowest BCUT2D eigenvalue weighted by Gasteiger charge is -2.31. The van der Waals surface area contributed by atoms with E-state index in [0.717, 1.165) is 47.8 Å². The fourth-order valence-corrected chi connectivity index (χ4v) is 3.13. The molecule has 0 atom stereocenters. The molecule has 3 heterocycles. The van der Waals surface area contributed by atoms with Crippen molar-refractivity contribution in [3.63, 3.8) is 0 Å². The number of hydrogen-bond acceptors (Lipinski definition) is 4. The number of nitrogens with one attached hydrogen (secondary N) is 1. The third-order valence-corrected chi connectivity index (χ3v) is 4.53. The van der Waals surface area contributed by atoms with Gasteiger partial charge < -0.3 is 10.2 Å². The fourth-order valence-electron chi connectivity index (χ4n) is 2.96. The summed E-state index contributed by atoms with van der Waals surface area (Å²) in [5.74, 6) is 0.918. The van der Waals surface area contributed by atoms with Crippen LogP contribution in [0.15, 0.2) is 60.9 Å². The lowest BCUT2D eigenvalue weighted by atomic mass is 10.1. The summed E-state index contributed by atoms with van der Waals surface area (Å²) in [5.41, 5.74) is 4.40. The van der Waals surface area contributed by atoms with Crippen molar-refractivity contribution in [2.24, 2.45) is 0 Å². The highest BCUT2D eigenvalue weighted by molar-refractivity contribution is 6.30. The van der Waals surface area contributed by atoms with Crippen LogP contribution < -0.4 is 10.2 Å². The van der Waals surface area contributed by atoms with Crippen LogP contribution >= 0.6 is 11.6 Å². The van der Waals surface area contributed by atoms with Crippen LogP contribution in [0.3, 0.4) is 0 Å². The van der Waals surface area contributed by atoms with Crippen LogP contribution in [0.25, 0.3) is 11.1 Å². The number of nitrogens with zero attached hydrogens (tertiary/aromatic N) is 3. The average molecular weight is 337 g/mol. The van der Waals surface area contributed by atoms with E-state index in [-0.39, 0.29) is 0 Å². The monoisotopic (exact) mass is 336 g/mol. The molecular formula is C19H17ClN4. The minimum atomic E-state index is 0.560. The van der Waals surface area contributed by atoms with Crippen molar-refractivity contribution in [3.8, 4) is 11.1 Å². The molecule has 0 bridgehead atoms. The smallest absolute Gasteiger partial charge is 0.149 e. The SMILES string of the molecule is Clc1ncccc1CN1CCNc2ncc(-c3ccccc3)cc21. The van der Waals surface area contributed by atoms with Gasteiger partial charge in [0, 0.05) is 43.2 Å². The summed E-state index contributed by atoms with van der Waals surface area (Å²) in [5, 5.41) is 3.93. The van der Waals surface area contributed by atoms with Crippen LogP contribution in [-0.2, 0) is 6.54 Å². The number of hydrogen-bond donors (Lipinski definition) is 1. The Balaban J connectivity index is 1.70. The van der Waals surface area contributed by atoms with Crippen molar-refractivity contribution < 1.29 is 0 Å². The van der Waals surface area contributed by atoms with Gasteiger partial charge in [0.15, 0.2) is 0 Å². The van der Waals surface area contributed by atoms with Crippen molar-refractivity contribution in [1.29, 1.82) is 0 Å². The fraction of sp³-hybridized carbons (Fsp3) is 0.158. The molecule has 0 spiro atoms. The van der Waals surface area contributed by atoms with E-state index in [1.54, 1.807) is 6.20 Å². The van der Waals surface area contributed by atoms with Crippen molar-refractivity contribution in [1.82, 2.24) is 9.97 Å². The summed E-state index contributed by atoms with van der Waals surface area (Å²) in [6.45, 7) is 2.49. The molecule has 24 heavy (non-hydrogen) atoms. The standard InChI is InChI=1S/C19H17ClN4/c20-18-15(7-4-8-21-18)13-24-10-9-22-19-17(24)11-16(12-23-19)14-5-2-1-3-6-14/h1-8,11-12H,9-10,13H2,(H,22,23). The number of pyridine rings is 2. The molecule has 3 aromatic rings. The van der Waals surface area contributed by atoms with Crippen LogP contribution in [0.1, 0.15) is 5.56 Å². The Labute approximate surface area is 146 Å². The molecule has 4 nitrogen and oxygen atoms in total. The molecule has 0 saturated carbocycles. The second-order valence-corrected chi connectivity index (χ2v) is 6.12. The van der Waals surface area contributed by atoms with Gasteiger partial charge in [-0.15, -0.1) is 0 Å². The van der Waals surface area contributed by atoms with Gasteiger partial charge in [-0.2, -0.15) is 0 Å². The van der Waals surface area contributed by atoms with E-state index < -0.39 is 0 Å². The van der Waals surface area contributed by atoms with Crippen LogP contribution in [0.4, 0.5) is 11.5 Å². The van der Waals surface area contributed by atoms with Crippen LogP contribution in [0.5, 0.6) is 0 Å². The Morgan fingerprint density at radius 3 is 2.75 bits per heavy atom. The van der Waals surface area contributed by atoms with Crippen molar-refractivity contribution >= 4 is 23.1 Å². The Morgan fingerprint density at radius 2 is 1.92 bits per heavy atom. The van der Waals surface area contributed by atoms with Crippen LogP contribution in [-0.4, -0.2) is 23.1 Å². The summed E-state index contributed by atoms with van der Waals surface area (Å²) >= 11 is 6.23. The van der Waals surface area contributed by atoms with Gasteiger partial charge in [0.05, 0.1) is 5.69 Å². The predicted molar refractivity (Wildman–Crippen MR) is 98.5 cm³/mol. The number of rotatable bonds is 3. The summed E-state index contributed by atoms with van der Waals surface area (Å²) in [6.07, 6.45) is 3.63. The lowest BCUT2D eigenvalue weighted by molar-refractivity contribution is 0.778. The number of halogens is 1. The maximum atomic E-state index is 6.23. The van der Waals surface area contributed by atoms with E-state index in [4.69, 9.17) is 11.6 Å². The van der Waals surface area contributed by atoms with Crippen LogP contribution in [0.2, 0.25) is 5.15 Å². The molecule has 0 aliphatic carbocycles. The van der Waals surface area contributed by atoms with Gasteiger partial charge in [-0.05, 0) is 17.7 Å². The van der Waals surface area contributed by atoms with E-state index in [9.17, 15) is 0 Å². The minimum absolute atomic E-state index is 0.560. The molecule has 0 amide bonds. The molecule has 5 heteroatoms. The van der Waals surface area contributed by atoms with Gasteiger partial charge in [-0.3, -0.25) is 0 Å². The van der Waals surface area contributed by atoms with Gasteiger partial charge in [0.1, 0.15) is 11.0 Å². The number of aromatic nitrogens is 2. The zero-order chi connectivity index (χ0) is 16.4.